The molecule has 2 rings (SSSR count). The van der Waals surface area contributed by atoms with Crippen molar-refractivity contribution in [1.29, 1.82) is 0 Å². The van der Waals surface area contributed by atoms with Crippen LogP contribution in [0.2, 0.25) is 0 Å². The molecule has 0 bridgehead atoms. The maximum Gasteiger partial charge on any atom is 0.137 e. The Balaban J connectivity index is 2.38. The Bertz CT molecular complexity index is 596. The van der Waals surface area contributed by atoms with Gasteiger partial charge in [0.15, 0.2) is 0 Å². The lowest BCUT2D eigenvalue weighted by Crippen LogP contribution is -2.24. The molecule has 0 aliphatic rings. The van der Waals surface area contributed by atoms with Crippen molar-refractivity contribution in [3.8, 4) is 11.5 Å². The molecule has 0 radical (unpaired) electrons. The maximum absolute atomic E-state index is 10.9. The molecule has 0 spiro atoms. The van der Waals surface area contributed by atoms with E-state index in [1.807, 2.05) is 37.3 Å². The van der Waals surface area contributed by atoms with Gasteiger partial charge in [0.05, 0.1) is 19.9 Å². The second-order valence-corrected chi connectivity index (χ2v) is 5.03. The highest BCUT2D eigenvalue weighted by Crippen LogP contribution is 2.35. The number of nitrogens with zero attached hydrogens (tertiary/aromatic N) is 1. The van der Waals surface area contributed by atoms with Crippen molar-refractivity contribution >= 4 is 0 Å². The SMILES string of the molecule is CCCOc1cncc(C(C)(O)c2ccccc2OC)c1. The molecule has 0 aliphatic heterocycles. The number of para-hydroxylation sites is 1. The topological polar surface area (TPSA) is 51.6 Å². The third-order valence-electron chi connectivity index (χ3n) is 3.38. The van der Waals surface area contributed by atoms with Crippen LogP contribution in [0.5, 0.6) is 11.5 Å². The van der Waals surface area contributed by atoms with E-state index in [2.05, 4.69) is 4.98 Å². The molecule has 0 saturated carbocycles. The average Bonchev–Trinajstić information content (AvgIpc) is 2.53. The standard InChI is InChI=1S/C17H21NO3/c1-4-9-21-14-10-13(11-18-12-14)17(2,19)15-7-5-6-8-16(15)20-3/h5-8,10-12,19H,4,9H2,1-3H3. The van der Waals surface area contributed by atoms with Gasteiger partial charge in [-0.3, -0.25) is 4.98 Å². The third-order valence-corrected chi connectivity index (χ3v) is 3.38. The molecule has 4 nitrogen and oxygen atoms in total. The van der Waals surface area contributed by atoms with Crippen molar-refractivity contribution in [3.05, 3.63) is 53.9 Å². The molecular formula is C17H21NO3. The van der Waals surface area contributed by atoms with Gasteiger partial charge in [-0.2, -0.15) is 0 Å². The summed E-state index contributed by atoms with van der Waals surface area (Å²) in [7, 11) is 1.59. The average molecular weight is 287 g/mol. The number of ether oxygens (including phenoxy) is 2. The minimum atomic E-state index is -1.20. The van der Waals surface area contributed by atoms with Crippen LogP contribution < -0.4 is 9.47 Å². The summed E-state index contributed by atoms with van der Waals surface area (Å²) in [5.74, 6) is 1.30. The summed E-state index contributed by atoms with van der Waals surface area (Å²) in [5.41, 5.74) is 0.160. The lowest BCUT2D eigenvalue weighted by Gasteiger charge is -2.26. The Kier molecular flexibility index (Phi) is 4.81. The molecular weight excluding hydrogens is 266 g/mol. The van der Waals surface area contributed by atoms with E-state index in [0.717, 1.165) is 6.42 Å². The van der Waals surface area contributed by atoms with Gasteiger partial charge in [-0.05, 0) is 25.5 Å². The van der Waals surface area contributed by atoms with E-state index in [4.69, 9.17) is 9.47 Å². The summed E-state index contributed by atoms with van der Waals surface area (Å²) in [4.78, 5) is 4.16. The molecule has 4 heteroatoms. The fraction of sp³-hybridized carbons (Fsp3) is 0.353. The van der Waals surface area contributed by atoms with Gasteiger partial charge in [0.1, 0.15) is 17.1 Å². The first-order chi connectivity index (χ1) is 10.1. The van der Waals surface area contributed by atoms with Crippen LogP contribution in [0.4, 0.5) is 0 Å². The van der Waals surface area contributed by atoms with Crippen molar-refractivity contribution < 1.29 is 14.6 Å². The molecule has 2 aromatic rings. The molecule has 21 heavy (non-hydrogen) atoms. The first-order valence-corrected chi connectivity index (χ1v) is 7.03. The van der Waals surface area contributed by atoms with Crippen LogP contribution in [0.25, 0.3) is 0 Å². The minimum Gasteiger partial charge on any atom is -0.496 e. The number of pyridine rings is 1. The van der Waals surface area contributed by atoms with Crippen LogP contribution in [0, 0.1) is 0 Å². The van der Waals surface area contributed by atoms with Crippen LogP contribution in [-0.2, 0) is 5.60 Å². The quantitative estimate of drug-likeness (QED) is 0.887. The van der Waals surface area contributed by atoms with E-state index < -0.39 is 5.60 Å². The van der Waals surface area contributed by atoms with E-state index in [9.17, 15) is 5.11 Å². The van der Waals surface area contributed by atoms with E-state index in [1.54, 1.807) is 26.4 Å². The third kappa shape index (κ3) is 3.34. The molecule has 1 aromatic heterocycles. The number of hydrogen-bond donors (Lipinski definition) is 1. The van der Waals surface area contributed by atoms with Gasteiger partial charge in [0.2, 0.25) is 0 Å². The Labute approximate surface area is 125 Å². The van der Waals surface area contributed by atoms with Crippen LogP contribution in [0.3, 0.4) is 0 Å². The van der Waals surface area contributed by atoms with Crippen molar-refractivity contribution in [2.45, 2.75) is 25.9 Å². The summed E-state index contributed by atoms with van der Waals surface area (Å²) in [6, 6.07) is 9.23. The number of benzene rings is 1. The van der Waals surface area contributed by atoms with E-state index in [1.165, 1.54) is 0 Å². The number of aliphatic hydroxyl groups is 1. The maximum atomic E-state index is 10.9. The lowest BCUT2D eigenvalue weighted by atomic mass is 9.88. The van der Waals surface area contributed by atoms with Crippen LogP contribution >= 0.6 is 0 Å². The summed E-state index contributed by atoms with van der Waals surface area (Å²) < 4.78 is 10.9. The highest BCUT2D eigenvalue weighted by Gasteiger charge is 2.29. The Morgan fingerprint density at radius 3 is 2.71 bits per heavy atom. The molecule has 0 amide bonds. The van der Waals surface area contributed by atoms with Gasteiger partial charge in [-0.15, -0.1) is 0 Å². The van der Waals surface area contributed by atoms with E-state index in [-0.39, 0.29) is 0 Å². The molecule has 1 unspecified atom stereocenters. The molecule has 0 aliphatic carbocycles. The highest BCUT2D eigenvalue weighted by molar-refractivity contribution is 5.44. The largest absolute Gasteiger partial charge is 0.496 e. The smallest absolute Gasteiger partial charge is 0.137 e. The molecule has 1 atom stereocenters. The lowest BCUT2D eigenvalue weighted by molar-refractivity contribution is 0.0981. The van der Waals surface area contributed by atoms with Gasteiger partial charge < -0.3 is 14.6 Å². The minimum absolute atomic E-state index is 0.627. The fourth-order valence-corrected chi connectivity index (χ4v) is 2.19. The highest BCUT2D eigenvalue weighted by atomic mass is 16.5. The molecule has 0 saturated heterocycles. The molecule has 1 heterocycles. The van der Waals surface area contributed by atoms with Crippen molar-refractivity contribution in [3.63, 3.8) is 0 Å². The number of rotatable bonds is 6. The first-order valence-electron chi connectivity index (χ1n) is 7.03. The second-order valence-electron chi connectivity index (χ2n) is 5.03. The predicted molar refractivity (Wildman–Crippen MR) is 81.7 cm³/mol. The fourth-order valence-electron chi connectivity index (χ4n) is 2.19. The first kappa shape index (κ1) is 15.3. The number of methoxy groups -OCH3 is 1. The molecule has 1 N–H and O–H groups in total. The van der Waals surface area contributed by atoms with Crippen LogP contribution in [0.1, 0.15) is 31.4 Å². The zero-order valence-corrected chi connectivity index (χ0v) is 12.7. The zero-order valence-electron chi connectivity index (χ0n) is 12.7. The molecule has 112 valence electrons. The van der Waals surface area contributed by atoms with E-state index >= 15 is 0 Å². The summed E-state index contributed by atoms with van der Waals surface area (Å²) in [5, 5.41) is 10.9. The molecule has 0 fully saturated rings. The molecule has 1 aromatic carbocycles. The van der Waals surface area contributed by atoms with Crippen LogP contribution in [0.15, 0.2) is 42.7 Å². The van der Waals surface area contributed by atoms with Crippen molar-refractivity contribution in [2.24, 2.45) is 0 Å². The monoisotopic (exact) mass is 287 g/mol. The van der Waals surface area contributed by atoms with Crippen molar-refractivity contribution in [2.75, 3.05) is 13.7 Å². The Morgan fingerprint density at radius 2 is 2.00 bits per heavy atom. The van der Waals surface area contributed by atoms with Gasteiger partial charge in [-0.25, -0.2) is 0 Å². The zero-order chi connectivity index (χ0) is 15.3. The van der Waals surface area contributed by atoms with Gasteiger partial charge in [0, 0.05) is 17.3 Å². The van der Waals surface area contributed by atoms with Gasteiger partial charge >= 0.3 is 0 Å². The number of hydrogen-bond acceptors (Lipinski definition) is 4. The van der Waals surface area contributed by atoms with Crippen molar-refractivity contribution in [1.82, 2.24) is 4.98 Å². The normalized spacial score (nSPS) is 13.5. The summed E-state index contributed by atoms with van der Waals surface area (Å²) in [6.45, 7) is 4.40. The van der Waals surface area contributed by atoms with Gasteiger partial charge in [-0.1, -0.05) is 25.1 Å². The predicted octanol–water partition coefficient (Wildman–Crippen LogP) is 3.13. The van der Waals surface area contributed by atoms with Gasteiger partial charge in [0.25, 0.3) is 0 Å². The summed E-state index contributed by atoms with van der Waals surface area (Å²) in [6.07, 6.45) is 4.22. The Morgan fingerprint density at radius 1 is 1.24 bits per heavy atom. The van der Waals surface area contributed by atoms with Crippen LogP contribution in [-0.4, -0.2) is 23.8 Å². The number of aromatic nitrogens is 1. The Hall–Kier alpha value is -2.07. The second kappa shape index (κ2) is 6.59. The van der Waals surface area contributed by atoms with E-state index in [0.29, 0.717) is 29.2 Å². The summed E-state index contributed by atoms with van der Waals surface area (Å²) >= 11 is 0.